The molecule has 1 fully saturated rings. The first-order valence-corrected chi connectivity index (χ1v) is 10.8. The van der Waals surface area contributed by atoms with Crippen LogP contribution in [-0.4, -0.2) is 87.1 Å². The van der Waals surface area contributed by atoms with Crippen molar-refractivity contribution in [3.63, 3.8) is 0 Å². The van der Waals surface area contributed by atoms with Gasteiger partial charge < -0.3 is 14.4 Å². The first-order valence-electron chi connectivity index (χ1n) is 9.27. The van der Waals surface area contributed by atoms with Crippen molar-refractivity contribution in [1.82, 2.24) is 29.6 Å². The number of alkyl halides is 2. The van der Waals surface area contributed by atoms with E-state index in [1.807, 2.05) is 13.1 Å². The lowest BCUT2D eigenvalue weighted by Crippen LogP contribution is -2.55. The third kappa shape index (κ3) is 5.81. The molecule has 30 heavy (non-hydrogen) atoms. The summed E-state index contributed by atoms with van der Waals surface area (Å²) in [5.41, 5.74) is 0.471. The summed E-state index contributed by atoms with van der Waals surface area (Å²) < 4.78 is 39.1. The number of imidazole rings is 1. The van der Waals surface area contributed by atoms with Crippen LogP contribution < -0.4 is 9.62 Å². The number of allylic oxidation sites excluding steroid dienone is 1. The Bertz CT molecular complexity index is 891. The molecule has 9 nitrogen and oxygen atoms in total. The number of halogens is 2. The molecular weight excluding hydrogens is 414 g/mol. The van der Waals surface area contributed by atoms with E-state index >= 15 is 0 Å². The lowest BCUT2D eigenvalue weighted by molar-refractivity contribution is 0.219. The summed E-state index contributed by atoms with van der Waals surface area (Å²) >= 11 is -1.06. The molecule has 1 aliphatic heterocycles. The molecule has 0 bridgehead atoms. The SMILES string of the molecule is CN1CCN(c2cc(-c3cnc(/C=C\C(=N)C(F)F)[nH]3)ncn2)C[C@H]1CN[S+](C)[O-]. The van der Waals surface area contributed by atoms with Crippen LogP contribution in [0.15, 0.2) is 24.7 Å². The van der Waals surface area contributed by atoms with Gasteiger partial charge in [0.2, 0.25) is 0 Å². The van der Waals surface area contributed by atoms with Gasteiger partial charge in [-0.1, -0.05) is 0 Å². The molecule has 3 N–H and O–H groups in total. The van der Waals surface area contributed by atoms with E-state index in [2.05, 4.69) is 34.5 Å². The Morgan fingerprint density at radius 2 is 2.23 bits per heavy atom. The second-order valence-corrected chi connectivity index (χ2v) is 8.11. The van der Waals surface area contributed by atoms with Gasteiger partial charge in [0.25, 0.3) is 6.43 Å². The molecule has 1 saturated heterocycles. The van der Waals surface area contributed by atoms with Gasteiger partial charge >= 0.3 is 0 Å². The Morgan fingerprint density at radius 3 is 2.97 bits per heavy atom. The van der Waals surface area contributed by atoms with Gasteiger partial charge in [-0.25, -0.2) is 23.7 Å². The molecule has 0 amide bonds. The molecule has 12 heteroatoms. The van der Waals surface area contributed by atoms with Crippen LogP contribution in [0, 0.1) is 5.41 Å². The third-order valence-electron chi connectivity index (χ3n) is 4.80. The van der Waals surface area contributed by atoms with Gasteiger partial charge in [0.1, 0.15) is 24.2 Å². The summed E-state index contributed by atoms with van der Waals surface area (Å²) in [6.07, 6.45) is 4.17. The lowest BCUT2D eigenvalue weighted by atomic mass is 10.1. The van der Waals surface area contributed by atoms with Crippen molar-refractivity contribution in [3.8, 4) is 11.4 Å². The number of rotatable bonds is 8. The standard InChI is InChI=1S/C18H24F2N8OS/c1-27-5-6-28(10-12(27)8-25-30(2)29)17-7-14(23-11-24-17)15-9-22-16(26-15)4-3-13(21)18(19)20/h3-4,7,9,11-12,18,21,25H,5-6,8,10H2,1-2H3,(H,22,26)/b4-3-,21-13?/t12-,30?/m1/s1. The van der Waals surface area contributed by atoms with Crippen LogP contribution in [0.4, 0.5) is 14.6 Å². The number of likely N-dealkylation sites (N-methyl/N-ethyl adjacent to an activating group) is 1. The molecule has 1 unspecified atom stereocenters. The van der Waals surface area contributed by atoms with Gasteiger partial charge in [-0.05, 0) is 19.2 Å². The Balaban J connectivity index is 1.71. The third-order valence-corrected chi connectivity index (χ3v) is 5.38. The first-order chi connectivity index (χ1) is 14.3. The van der Waals surface area contributed by atoms with Gasteiger partial charge in [-0.3, -0.25) is 10.3 Å². The molecule has 162 valence electrons. The van der Waals surface area contributed by atoms with Crippen molar-refractivity contribution < 1.29 is 13.3 Å². The van der Waals surface area contributed by atoms with E-state index in [0.717, 1.165) is 31.5 Å². The van der Waals surface area contributed by atoms with Crippen LogP contribution in [0.25, 0.3) is 17.5 Å². The van der Waals surface area contributed by atoms with Crippen molar-refractivity contribution in [2.45, 2.75) is 12.5 Å². The van der Waals surface area contributed by atoms with Crippen LogP contribution in [0.3, 0.4) is 0 Å². The summed E-state index contributed by atoms with van der Waals surface area (Å²) in [6.45, 7) is 2.98. The average Bonchev–Trinajstić information content (AvgIpc) is 3.20. The fourth-order valence-electron chi connectivity index (χ4n) is 3.05. The molecule has 2 atom stereocenters. The fraction of sp³-hybridized carbons (Fsp3) is 0.444. The number of H-pyrrole nitrogens is 1. The minimum Gasteiger partial charge on any atom is -0.598 e. The number of anilines is 1. The minimum atomic E-state index is -2.82. The molecule has 3 heterocycles. The van der Waals surface area contributed by atoms with E-state index in [1.165, 1.54) is 12.4 Å². The largest absolute Gasteiger partial charge is 0.598 e. The van der Waals surface area contributed by atoms with Gasteiger partial charge in [0, 0.05) is 43.1 Å². The topological polar surface area (TPSA) is 120 Å². The molecule has 2 aromatic rings. The zero-order valence-corrected chi connectivity index (χ0v) is 17.5. The van der Waals surface area contributed by atoms with Crippen molar-refractivity contribution in [1.29, 1.82) is 5.41 Å². The van der Waals surface area contributed by atoms with Crippen LogP contribution >= 0.6 is 0 Å². The van der Waals surface area contributed by atoms with Gasteiger partial charge in [0.15, 0.2) is 0 Å². The monoisotopic (exact) mass is 438 g/mol. The molecule has 2 aromatic heterocycles. The second kappa shape index (κ2) is 10.1. The van der Waals surface area contributed by atoms with E-state index in [9.17, 15) is 13.3 Å². The molecule has 1 aliphatic rings. The van der Waals surface area contributed by atoms with Crippen molar-refractivity contribution in [2.75, 3.05) is 44.4 Å². The van der Waals surface area contributed by atoms with Crippen LogP contribution in [0.1, 0.15) is 5.82 Å². The van der Waals surface area contributed by atoms with Gasteiger partial charge in [0.05, 0.1) is 29.8 Å². The molecule has 0 spiro atoms. The maximum Gasteiger partial charge on any atom is 0.279 e. The molecule has 0 aliphatic carbocycles. The van der Waals surface area contributed by atoms with Crippen LogP contribution in [0.5, 0.6) is 0 Å². The number of nitrogens with one attached hydrogen (secondary N) is 3. The Kier molecular flexibility index (Phi) is 7.48. The summed E-state index contributed by atoms with van der Waals surface area (Å²) in [7, 11) is 2.04. The van der Waals surface area contributed by atoms with Crippen molar-refractivity contribution in [2.24, 2.45) is 0 Å². The summed E-state index contributed by atoms with van der Waals surface area (Å²) in [4.78, 5) is 20.2. The quantitative estimate of drug-likeness (QED) is 0.418. The minimum absolute atomic E-state index is 0.190. The van der Waals surface area contributed by atoms with Crippen LogP contribution in [-0.2, 0) is 11.4 Å². The second-order valence-electron chi connectivity index (χ2n) is 6.92. The maximum absolute atomic E-state index is 12.4. The van der Waals surface area contributed by atoms with Crippen LogP contribution in [0.2, 0.25) is 0 Å². The van der Waals surface area contributed by atoms with Gasteiger partial charge in [-0.2, -0.15) is 0 Å². The highest BCUT2D eigenvalue weighted by molar-refractivity contribution is 7.88. The van der Waals surface area contributed by atoms with Crippen molar-refractivity contribution in [3.05, 3.63) is 30.5 Å². The average molecular weight is 439 g/mol. The summed E-state index contributed by atoms with van der Waals surface area (Å²) in [5, 5.41) is 7.16. The molecule has 0 aromatic carbocycles. The van der Waals surface area contributed by atoms with Crippen molar-refractivity contribution >= 4 is 29.0 Å². The number of nitrogens with zero attached hydrogens (tertiary/aromatic N) is 5. The normalized spacial score (nSPS) is 19.0. The number of hydrogen-bond acceptors (Lipinski definition) is 8. The predicted molar refractivity (Wildman–Crippen MR) is 113 cm³/mol. The fourth-order valence-corrected chi connectivity index (χ4v) is 3.48. The molecule has 0 saturated carbocycles. The summed E-state index contributed by atoms with van der Waals surface area (Å²) in [5.74, 6) is 1.12. The molecule has 0 radical (unpaired) electrons. The Labute approximate surface area is 176 Å². The van der Waals surface area contributed by atoms with E-state index in [0.29, 0.717) is 23.8 Å². The summed E-state index contributed by atoms with van der Waals surface area (Å²) in [6, 6.07) is 2.03. The first kappa shape index (κ1) is 22.3. The maximum atomic E-state index is 12.4. The highest BCUT2D eigenvalue weighted by Gasteiger charge is 2.26. The Hall–Kier alpha value is -2.41. The number of aromatic amines is 1. The molecular formula is C18H24F2N8OS. The number of hydrogen-bond donors (Lipinski definition) is 3. The predicted octanol–water partition coefficient (Wildman–Crippen LogP) is 1.17. The molecule has 3 rings (SSSR count). The van der Waals surface area contributed by atoms with E-state index in [4.69, 9.17) is 5.41 Å². The number of aromatic nitrogens is 4. The van der Waals surface area contributed by atoms with E-state index < -0.39 is 23.5 Å². The zero-order chi connectivity index (χ0) is 21.7. The van der Waals surface area contributed by atoms with E-state index in [-0.39, 0.29) is 6.04 Å². The van der Waals surface area contributed by atoms with Gasteiger partial charge in [-0.15, -0.1) is 4.72 Å². The smallest absolute Gasteiger partial charge is 0.279 e. The lowest BCUT2D eigenvalue weighted by Gasteiger charge is -2.39. The highest BCUT2D eigenvalue weighted by atomic mass is 32.2. The highest BCUT2D eigenvalue weighted by Crippen LogP contribution is 2.21. The zero-order valence-electron chi connectivity index (χ0n) is 16.7. The number of piperazine rings is 1. The van der Waals surface area contributed by atoms with E-state index in [1.54, 1.807) is 12.5 Å². The Morgan fingerprint density at radius 1 is 1.43 bits per heavy atom.